The third kappa shape index (κ3) is 4.96. The lowest BCUT2D eigenvalue weighted by molar-refractivity contribution is -0.135. The number of imidazole rings is 1. The predicted molar refractivity (Wildman–Crippen MR) is 99.6 cm³/mol. The zero-order valence-electron chi connectivity index (χ0n) is 15.6. The van der Waals surface area contributed by atoms with Crippen molar-refractivity contribution in [3.05, 3.63) is 17.2 Å². The first kappa shape index (κ1) is 20.2. The second kappa shape index (κ2) is 9.55. The number of piperidine rings is 1. The molecule has 0 bridgehead atoms. The molecule has 1 aliphatic rings. The fourth-order valence-electron chi connectivity index (χ4n) is 3.69. The van der Waals surface area contributed by atoms with Crippen LogP contribution in [0.25, 0.3) is 0 Å². The average Bonchev–Trinajstić information content (AvgIpc) is 2.98. The summed E-state index contributed by atoms with van der Waals surface area (Å²) in [4.78, 5) is 21.1. The molecule has 25 heavy (non-hydrogen) atoms. The van der Waals surface area contributed by atoms with Gasteiger partial charge in [0, 0.05) is 25.7 Å². The van der Waals surface area contributed by atoms with Crippen LogP contribution in [0.2, 0.25) is 5.15 Å². The highest BCUT2D eigenvalue weighted by molar-refractivity contribution is 6.29. The molecule has 1 aromatic rings. The van der Waals surface area contributed by atoms with E-state index in [2.05, 4.69) is 23.7 Å². The highest BCUT2D eigenvalue weighted by atomic mass is 35.5. The molecule has 0 spiro atoms. The summed E-state index contributed by atoms with van der Waals surface area (Å²) < 4.78 is 1.78. The summed E-state index contributed by atoms with van der Waals surface area (Å²) in [6.45, 7) is 10.7. The van der Waals surface area contributed by atoms with E-state index in [1.54, 1.807) is 4.57 Å². The van der Waals surface area contributed by atoms with E-state index in [-0.39, 0.29) is 12.3 Å². The van der Waals surface area contributed by atoms with E-state index in [1.165, 1.54) is 6.20 Å². The summed E-state index contributed by atoms with van der Waals surface area (Å²) in [7, 11) is 0. The fraction of sp³-hybridized carbons (Fsp3) is 0.778. The molecule has 142 valence electrons. The third-order valence-corrected chi connectivity index (χ3v) is 5.40. The van der Waals surface area contributed by atoms with Crippen molar-refractivity contribution in [3.63, 3.8) is 0 Å². The van der Waals surface area contributed by atoms with E-state index >= 15 is 0 Å². The van der Waals surface area contributed by atoms with Crippen molar-refractivity contribution in [1.82, 2.24) is 19.4 Å². The minimum absolute atomic E-state index is 0.00679. The maximum Gasteiger partial charge on any atom is 0.225 e. The predicted octanol–water partition coefficient (Wildman–Crippen LogP) is 2.70. The van der Waals surface area contributed by atoms with Gasteiger partial charge in [0.1, 0.15) is 17.1 Å². The minimum Gasteiger partial charge on any atom is -0.385 e. The summed E-state index contributed by atoms with van der Waals surface area (Å²) >= 11 is 6.12. The fourth-order valence-corrected chi connectivity index (χ4v) is 3.91. The number of nitrogens with zero attached hydrogens (tertiary/aromatic N) is 4. The van der Waals surface area contributed by atoms with Gasteiger partial charge in [-0.3, -0.25) is 4.79 Å². The number of aromatic nitrogens is 2. The van der Waals surface area contributed by atoms with E-state index in [1.807, 2.05) is 11.8 Å². The molecule has 1 amide bonds. The van der Waals surface area contributed by atoms with Crippen molar-refractivity contribution >= 4 is 17.5 Å². The van der Waals surface area contributed by atoms with Crippen molar-refractivity contribution < 1.29 is 9.90 Å². The molecule has 7 heteroatoms. The Morgan fingerprint density at radius 1 is 1.36 bits per heavy atom. The van der Waals surface area contributed by atoms with Gasteiger partial charge in [0.25, 0.3) is 0 Å². The van der Waals surface area contributed by atoms with Gasteiger partial charge < -0.3 is 19.5 Å². The first-order valence-electron chi connectivity index (χ1n) is 9.42. The maximum absolute atomic E-state index is 12.6. The topological polar surface area (TPSA) is 61.6 Å². The van der Waals surface area contributed by atoms with Crippen molar-refractivity contribution in [2.75, 3.05) is 26.2 Å². The normalized spacial score (nSPS) is 17.3. The lowest BCUT2D eigenvalue weighted by Crippen LogP contribution is -2.46. The molecule has 1 aliphatic heterocycles. The molecule has 2 heterocycles. The summed E-state index contributed by atoms with van der Waals surface area (Å²) in [6, 6.07) is 0.561. The Hall–Kier alpha value is -1.11. The van der Waals surface area contributed by atoms with E-state index in [9.17, 15) is 9.90 Å². The molecule has 1 unspecified atom stereocenters. The van der Waals surface area contributed by atoms with Crippen LogP contribution in [-0.4, -0.2) is 62.6 Å². The van der Waals surface area contributed by atoms with Gasteiger partial charge in [-0.05, 0) is 32.4 Å². The number of carbonyl (C=O) groups excluding carboxylic acids is 1. The number of aliphatic hydroxyl groups is 1. The smallest absolute Gasteiger partial charge is 0.225 e. The van der Waals surface area contributed by atoms with Gasteiger partial charge >= 0.3 is 0 Å². The quantitative estimate of drug-likeness (QED) is 0.764. The number of halogens is 1. The molecule has 1 aromatic heterocycles. The van der Waals surface area contributed by atoms with Crippen LogP contribution < -0.4 is 0 Å². The van der Waals surface area contributed by atoms with Crippen LogP contribution in [0, 0.1) is 0 Å². The number of likely N-dealkylation sites (tertiary alicyclic amines) is 1. The maximum atomic E-state index is 12.6. The third-order valence-electron chi connectivity index (χ3n) is 5.10. The van der Waals surface area contributed by atoms with Gasteiger partial charge in [0.15, 0.2) is 0 Å². The molecule has 6 nitrogen and oxygen atoms in total. The first-order chi connectivity index (χ1) is 12.0. The molecule has 1 fully saturated rings. The summed E-state index contributed by atoms with van der Waals surface area (Å²) in [5.74, 6) is 0.478. The van der Waals surface area contributed by atoms with Crippen LogP contribution in [-0.2, 0) is 11.3 Å². The molecule has 0 aromatic carbocycles. The van der Waals surface area contributed by atoms with Crippen LogP contribution in [0.5, 0.6) is 0 Å². The van der Waals surface area contributed by atoms with Gasteiger partial charge in [-0.2, -0.15) is 0 Å². The van der Waals surface area contributed by atoms with Gasteiger partial charge in [-0.15, -0.1) is 0 Å². The Morgan fingerprint density at radius 2 is 2.00 bits per heavy atom. The highest BCUT2D eigenvalue weighted by Crippen LogP contribution is 2.23. The van der Waals surface area contributed by atoms with Crippen LogP contribution in [0.4, 0.5) is 0 Å². The van der Waals surface area contributed by atoms with Crippen molar-refractivity contribution in [3.8, 4) is 0 Å². The number of hydrogen-bond acceptors (Lipinski definition) is 4. The van der Waals surface area contributed by atoms with E-state index < -0.39 is 6.10 Å². The standard InChI is InChI=1S/C18H31ClN4O2/c1-4-9-23-16(19)13-20-18(23)15(24)12-17(25)22-10-7-14(8-11-22)21(5-2)6-3/h13-15,24H,4-12H2,1-3H3. The molecule has 1 N–H and O–H groups in total. The van der Waals surface area contributed by atoms with Gasteiger partial charge in [0.2, 0.25) is 5.91 Å². The Morgan fingerprint density at radius 3 is 2.56 bits per heavy atom. The summed E-state index contributed by atoms with van der Waals surface area (Å²) in [5, 5.41) is 11.0. The average molecular weight is 371 g/mol. The number of aliphatic hydroxyl groups excluding tert-OH is 1. The van der Waals surface area contributed by atoms with Gasteiger partial charge in [-0.25, -0.2) is 4.98 Å². The summed E-state index contributed by atoms with van der Waals surface area (Å²) in [5.41, 5.74) is 0. The zero-order chi connectivity index (χ0) is 18.4. The number of carbonyl (C=O) groups is 1. The second-order valence-corrected chi connectivity index (χ2v) is 7.03. The lowest BCUT2D eigenvalue weighted by atomic mass is 10.0. The molecular weight excluding hydrogens is 340 g/mol. The summed E-state index contributed by atoms with van der Waals surface area (Å²) in [6.07, 6.45) is 3.58. The lowest BCUT2D eigenvalue weighted by Gasteiger charge is -2.38. The Bertz CT molecular complexity index is 551. The van der Waals surface area contributed by atoms with Crippen molar-refractivity contribution in [2.24, 2.45) is 0 Å². The molecular formula is C18H31ClN4O2. The Balaban J connectivity index is 1.90. The first-order valence-corrected chi connectivity index (χ1v) is 9.80. The molecule has 0 aliphatic carbocycles. The highest BCUT2D eigenvalue weighted by Gasteiger charge is 2.28. The number of hydrogen-bond donors (Lipinski definition) is 1. The molecule has 0 saturated carbocycles. The molecule has 0 radical (unpaired) electrons. The van der Waals surface area contributed by atoms with Crippen molar-refractivity contribution in [1.29, 1.82) is 0 Å². The zero-order valence-corrected chi connectivity index (χ0v) is 16.4. The second-order valence-electron chi connectivity index (χ2n) is 6.64. The Kier molecular flexibility index (Phi) is 7.72. The SMILES string of the molecule is CCCn1c(Cl)cnc1C(O)CC(=O)N1CCC(N(CC)CC)CC1. The number of rotatable bonds is 8. The Labute approximate surface area is 155 Å². The van der Waals surface area contributed by atoms with Crippen LogP contribution >= 0.6 is 11.6 Å². The minimum atomic E-state index is -0.910. The number of amides is 1. The van der Waals surface area contributed by atoms with E-state index in [0.29, 0.717) is 23.6 Å². The van der Waals surface area contributed by atoms with Crippen LogP contribution in [0.15, 0.2) is 6.20 Å². The largest absolute Gasteiger partial charge is 0.385 e. The molecule has 1 atom stereocenters. The van der Waals surface area contributed by atoms with Gasteiger partial charge in [0.05, 0.1) is 12.6 Å². The molecule has 2 rings (SSSR count). The van der Waals surface area contributed by atoms with Crippen molar-refractivity contribution in [2.45, 2.75) is 65.1 Å². The van der Waals surface area contributed by atoms with Crippen LogP contribution in [0.1, 0.15) is 58.4 Å². The van der Waals surface area contributed by atoms with E-state index in [0.717, 1.165) is 45.4 Å². The molecule has 1 saturated heterocycles. The van der Waals surface area contributed by atoms with E-state index in [4.69, 9.17) is 11.6 Å². The van der Waals surface area contributed by atoms with Crippen LogP contribution in [0.3, 0.4) is 0 Å². The monoisotopic (exact) mass is 370 g/mol. The van der Waals surface area contributed by atoms with Gasteiger partial charge in [-0.1, -0.05) is 32.4 Å².